The van der Waals surface area contributed by atoms with E-state index in [0.29, 0.717) is 6.17 Å². The molecule has 0 aliphatic carbocycles. The summed E-state index contributed by atoms with van der Waals surface area (Å²) in [7, 11) is 2.22. The molecule has 3 aromatic rings. The molecule has 2 aromatic carbocycles. The van der Waals surface area contributed by atoms with Gasteiger partial charge < -0.3 is 9.88 Å². The zero-order valence-corrected chi connectivity index (χ0v) is 12.7. The van der Waals surface area contributed by atoms with E-state index < -0.39 is 0 Å². The highest BCUT2D eigenvalue weighted by atomic mass is 15.4. The largest absolute Gasteiger partial charge is 0.367 e. The second kappa shape index (κ2) is 4.14. The van der Waals surface area contributed by atoms with Gasteiger partial charge in [-0.2, -0.15) is 0 Å². The Kier molecular flexibility index (Phi) is 2.32. The Labute approximate surface area is 130 Å². The monoisotopic (exact) mass is 289 g/mol. The van der Waals surface area contributed by atoms with Gasteiger partial charge in [0.25, 0.3) is 0 Å². The Morgan fingerprint density at radius 3 is 2.82 bits per heavy atom. The van der Waals surface area contributed by atoms with Crippen molar-refractivity contribution in [2.45, 2.75) is 18.1 Å². The third kappa shape index (κ3) is 1.35. The molecule has 1 saturated heterocycles. The van der Waals surface area contributed by atoms with Gasteiger partial charge in [0.2, 0.25) is 0 Å². The highest BCUT2D eigenvalue weighted by Crippen LogP contribution is 2.50. The fourth-order valence-corrected chi connectivity index (χ4v) is 4.44. The molecule has 0 unspecified atom stereocenters. The predicted molar refractivity (Wildman–Crippen MR) is 90.1 cm³/mol. The summed E-state index contributed by atoms with van der Waals surface area (Å²) in [6.07, 6.45) is 3.72. The number of anilines is 1. The van der Waals surface area contributed by atoms with Crippen molar-refractivity contribution in [3.63, 3.8) is 0 Å². The van der Waals surface area contributed by atoms with Crippen LogP contribution in [0.5, 0.6) is 0 Å². The Hall–Kier alpha value is -2.26. The zero-order valence-electron chi connectivity index (χ0n) is 12.7. The molecule has 0 saturated carbocycles. The Morgan fingerprint density at radius 2 is 1.86 bits per heavy atom. The second-order valence-electron chi connectivity index (χ2n) is 6.49. The van der Waals surface area contributed by atoms with E-state index in [1.54, 1.807) is 0 Å². The molecule has 0 spiro atoms. The van der Waals surface area contributed by atoms with Crippen molar-refractivity contribution in [1.82, 2.24) is 9.47 Å². The quantitative estimate of drug-likeness (QED) is 0.740. The number of hydrogen-bond donors (Lipinski definition) is 1. The SMILES string of the molecule is CN1CC[C@@]2(n3ccc4ccccc43)c3ccccc3N[C@@H]12. The minimum Gasteiger partial charge on any atom is -0.367 e. The average Bonchev–Trinajstić information content (AvgIpc) is 3.20. The summed E-state index contributed by atoms with van der Waals surface area (Å²) >= 11 is 0. The van der Waals surface area contributed by atoms with E-state index in [-0.39, 0.29) is 5.54 Å². The molecule has 2 atom stereocenters. The number of para-hydroxylation sites is 2. The molecular weight excluding hydrogens is 270 g/mol. The first-order valence-corrected chi connectivity index (χ1v) is 7.93. The number of aromatic nitrogens is 1. The minimum absolute atomic E-state index is 0.00551. The van der Waals surface area contributed by atoms with E-state index in [2.05, 4.69) is 82.6 Å². The molecule has 3 heterocycles. The first-order chi connectivity index (χ1) is 10.8. The van der Waals surface area contributed by atoms with Gasteiger partial charge in [-0.25, -0.2) is 0 Å². The highest BCUT2D eigenvalue weighted by molar-refractivity contribution is 5.81. The van der Waals surface area contributed by atoms with E-state index in [1.165, 1.54) is 22.2 Å². The van der Waals surface area contributed by atoms with Crippen molar-refractivity contribution in [1.29, 1.82) is 0 Å². The van der Waals surface area contributed by atoms with Gasteiger partial charge >= 0.3 is 0 Å². The Balaban J connectivity index is 1.83. The molecule has 0 radical (unpaired) electrons. The van der Waals surface area contributed by atoms with Gasteiger partial charge in [-0.15, -0.1) is 0 Å². The summed E-state index contributed by atoms with van der Waals surface area (Å²) in [6.45, 7) is 1.11. The van der Waals surface area contributed by atoms with Crippen LogP contribution in [0.4, 0.5) is 5.69 Å². The Morgan fingerprint density at radius 1 is 1.05 bits per heavy atom. The summed E-state index contributed by atoms with van der Waals surface area (Å²) in [5, 5.41) is 5.06. The lowest BCUT2D eigenvalue weighted by Gasteiger charge is -2.34. The molecule has 3 heteroatoms. The maximum atomic E-state index is 3.75. The highest BCUT2D eigenvalue weighted by Gasteiger charge is 2.54. The number of benzene rings is 2. The summed E-state index contributed by atoms with van der Waals surface area (Å²) in [5.41, 5.74) is 4.01. The van der Waals surface area contributed by atoms with E-state index in [9.17, 15) is 0 Å². The van der Waals surface area contributed by atoms with E-state index in [4.69, 9.17) is 0 Å². The van der Waals surface area contributed by atoms with Gasteiger partial charge in [0.15, 0.2) is 0 Å². The summed E-state index contributed by atoms with van der Waals surface area (Å²) < 4.78 is 2.50. The summed E-state index contributed by atoms with van der Waals surface area (Å²) in [4.78, 5) is 2.44. The fourth-order valence-electron chi connectivity index (χ4n) is 4.44. The number of nitrogens with zero attached hydrogens (tertiary/aromatic N) is 2. The van der Waals surface area contributed by atoms with Crippen LogP contribution in [0.1, 0.15) is 12.0 Å². The van der Waals surface area contributed by atoms with Crippen molar-refractivity contribution >= 4 is 16.6 Å². The number of likely N-dealkylation sites (tertiary alicyclic amines) is 1. The molecule has 0 bridgehead atoms. The van der Waals surface area contributed by atoms with Crippen LogP contribution in [-0.4, -0.2) is 29.2 Å². The Bertz CT molecular complexity index is 866. The van der Waals surface area contributed by atoms with Gasteiger partial charge in [-0.3, -0.25) is 4.90 Å². The van der Waals surface area contributed by atoms with Gasteiger partial charge in [-0.1, -0.05) is 36.4 Å². The van der Waals surface area contributed by atoms with Gasteiger partial charge in [0.05, 0.1) is 0 Å². The molecule has 0 amide bonds. The fraction of sp³-hybridized carbons (Fsp3) is 0.263. The van der Waals surface area contributed by atoms with Crippen molar-refractivity contribution < 1.29 is 0 Å². The third-order valence-corrected chi connectivity index (χ3v) is 5.45. The van der Waals surface area contributed by atoms with Crippen LogP contribution >= 0.6 is 0 Å². The van der Waals surface area contributed by atoms with Crippen molar-refractivity contribution in [2.75, 3.05) is 18.9 Å². The van der Waals surface area contributed by atoms with Gasteiger partial charge in [0, 0.05) is 29.5 Å². The third-order valence-electron chi connectivity index (χ3n) is 5.45. The summed E-state index contributed by atoms with van der Waals surface area (Å²) in [6, 6.07) is 19.7. The molecule has 22 heavy (non-hydrogen) atoms. The van der Waals surface area contributed by atoms with Crippen LogP contribution in [0.25, 0.3) is 10.9 Å². The number of rotatable bonds is 1. The standard InChI is InChI=1S/C19H19N3/c1-21-13-11-19(15-7-3-4-8-16(15)20-18(19)21)22-12-10-14-6-2-5-9-17(14)22/h2-10,12,18,20H,11,13H2,1H3/t18-,19+/m0/s1. The lowest BCUT2D eigenvalue weighted by molar-refractivity contribution is 0.262. The van der Waals surface area contributed by atoms with Crippen molar-refractivity contribution in [2.24, 2.45) is 0 Å². The molecule has 2 aliphatic heterocycles. The molecule has 3 nitrogen and oxygen atoms in total. The molecule has 1 N–H and O–H groups in total. The van der Waals surface area contributed by atoms with Crippen molar-refractivity contribution in [3.8, 4) is 0 Å². The average molecular weight is 289 g/mol. The van der Waals surface area contributed by atoms with Gasteiger partial charge in [0.1, 0.15) is 11.7 Å². The van der Waals surface area contributed by atoms with Crippen LogP contribution in [0.2, 0.25) is 0 Å². The molecule has 2 aliphatic rings. The maximum Gasteiger partial charge on any atom is 0.108 e. The first kappa shape index (κ1) is 12.3. The molecule has 5 rings (SSSR count). The van der Waals surface area contributed by atoms with Crippen molar-refractivity contribution in [3.05, 3.63) is 66.4 Å². The lowest BCUT2D eigenvalue weighted by atomic mass is 9.88. The molecule has 1 fully saturated rings. The molecular formula is C19H19N3. The van der Waals surface area contributed by atoms with Crippen LogP contribution in [0.3, 0.4) is 0 Å². The second-order valence-corrected chi connectivity index (χ2v) is 6.49. The predicted octanol–water partition coefficient (Wildman–Crippen LogP) is 3.47. The van der Waals surface area contributed by atoms with E-state index >= 15 is 0 Å². The van der Waals surface area contributed by atoms with Crippen LogP contribution < -0.4 is 5.32 Å². The van der Waals surface area contributed by atoms with Crippen LogP contribution in [0, 0.1) is 0 Å². The maximum absolute atomic E-state index is 3.75. The smallest absolute Gasteiger partial charge is 0.108 e. The topological polar surface area (TPSA) is 20.2 Å². The minimum atomic E-state index is -0.00551. The number of fused-ring (bicyclic) bond motifs is 4. The number of hydrogen-bond acceptors (Lipinski definition) is 2. The zero-order chi connectivity index (χ0) is 14.7. The van der Waals surface area contributed by atoms with Crippen LogP contribution in [0.15, 0.2) is 60.8 Å². The lowest BCUT2D eigenvalue weighted by Crippen LogP contribution is -2.46. The number of likely N-dealkylation sites (N-methyl/N-ethyl adjacent to an activating group) is 1. The first-order valence-electron chi connectivity index (χ1n) is 7.93. The normalized spacial score (nSPS) is 26.9. The van der Waals surface area contributed by atoms with E-state index in [1.807, 2.05) is 0 Å². The molecule has 110 valence electrons. The summed E-state index contributed by atoms with van der Waals surface area (Å²) in [5.74, 6) is 0. The number of nitrogens with one attached hydrogen (secondary N) is 1. The van der Waals surface area contributed by atoms with E-state index in [0.717, 1.165) is 13.0 Å². The van der Waals surface area contributed by atoms with Gasteiger partial charge in [-0.05, 0) is 37.1 Å². The van der Waals surface area contributed by atoms with Crippen LogP contribution in [-0.2, 0) is 5.54 Å². The molecule has 1 aromatic heterocycles.